The van der Waals surface area contributed by atoms with Crippen molar-refractivity contribution in [2.45, 2.75) is 44.6 Å². The molecular formula is C14H18Cl2N2O. The topological polar surface area (TPSA) is 41.1 Å². The van der Waals surface area contributed by atoms with Gasteiger partial charge in [0.1, 0.15) is 0 Å². The van der Waals surface area contributed by atoms with Crippen LogP contribution in [-0.4, -0.2) is 12.1 Å². The van der Waals surface area contributed by atoms with Crippen LogP contribution in [0, 0.1) is 0 Å². The van der Waals surface area contributed by atoms with Crippen molar-refractivity contribution in [1.82, 2.24) is 5.32 Å². The SMILES string of the molecule is O=C(Nc1cc(Cl)cc(Cl)c1)NC1CCCCCC1. The van der Waals surface area contributed by atoms with Crippen LogP contribution in [0.2, 0.25) is 10.0 Å². The van der Waals surface area contributed by atoms with Crippen molar-refractivity contribution in [3.63, 3.8) is 0 Å². The first kappa shape index (κ1) is 14.5. The van der Waals surface area contributed by atoms with E-state index in [0.717, 1.165) is 12.8 Å². The smallest absolute Gasteiger partial charge is 0.319 e. The monoisotopic (exact) mass is 300 g/mol. The molecule has 0 aromatic heterocycles. The van der Waals surface area contributed by atoms with E-state index in [1.54, 1.807) is 18.2 Å². The molecule has 1 aromatic rings. The number of carbonyl (C=O) groups is 1. The zero-order valence-corrected chi connectivity index (χ0v) is 12.2. The number of nitrogens with one attached hydrogen (secondary N) is 2. The van der Waals surface area contributed by atoms with Crippen molar-refractivity contribution in [2.24, 2.45) is 0 Å². The molecule has 1 aliphatic carbocycles. The van der Waals surface area contributed by atoms with Crippen molar-refractivity contribution in [3.05, 3.63) is 28.2 Å². The van der Waals surface area contributed by atoms with Crippen LogP contribution in [0.1, 0.15) is 38.5 Å². The van der Waals surface area contributed by atoms with Gasteiger partial charge in [-0.25, -0.2) is 4.79 Å². The van der Waals surface area contributed by atoms with E-state index in [1.807, 2.05) is 0 Å². The van der Waals surface area contributed by atoms with Crippen LogP contribution in [0.25, 0.3) is 0 Å². The Labute approximate surface area is 123 Å². The van der Waals surface area contributed by atoms with Crippen molar-refractivity contribution in [1.29, 1.82) is 0 Å². The van der Waals surface area contributed by atoms with Crippen molar-refractivity contribution in [3.8, 4) is 0 Å². The molecular weight excluding hydrogens is 283 g/mol. The maximum atomic E-state index is 11.9. The van der Waals surface area contributed by atoms with Crippen molar-refractivity contribution in [2.75, 3.05) is 5.32 Å². The first-order valence-corrected chi connectivity index (χ1v) is 7.43. The molecule has 0 spiro atoms. The average molecular weight is 301 g/mol. The minimum absolute atomic E-state index is 0.190. The predicted molar refractivity (Wildman–Crippen MR) is 80.1 cm³/mol. The first-order chi connectivity index (χ1) is 9.13. The molecule has 2 amide bonds. The van der Waals surface area contributed by atoms with Crippen molar-refractivity contribution < 1.29 is 4.79 Å². The zero-order valence-electron chi connectivity index (χ0n) is 10.7. The highest BCUT2D eigenvalue weighted by molar-refractivity contribution is 6.35. The number of carbonyl (C=O) groups excluding carboxylic acids is 1. The van der Waals surface area contributed by atoms with Gasteiger partial charge in [0.05, 0.1) is 0 Å². The third kappa shape index (κ3) is 4.92. The fourth-order valence-electron chi connectivity index (χ4n) is 2.40. The zero-order chi connectivity index (χ0) is 13.7. The van der Waals surface area contributed by atoms with Crippen LogP contribution >= 0.6 is 23.2 Å². The molecule has 0 bridgehead atoms. The van der Waals surface area contributed by atoms with E-state index in [4.69, 9.17) is 23.2 Å². The summed E-state index contributed by atoms with van der Waals surface area (Å²) in [5.41, 5.74) is 0.614. The molecule has 0 atom stereocenters. The number of urea groups is 1. The van der Waals surface area contributed by atoms with E-state index in [0.29, 0.717) is 15.7 Å². The lowest BCUT2D eigenvalue weighted by Gasteiger charge is -2.16. The summed E-state index contributed by atoms with van der Waals surface area (Å²) in [4.78, 5) is 11.9. The fraction of sp³-hybridized carbons (Fsp3) is 0.500. The minimum Gasteiger partial charge on any atom is -0.335 e. The summed E-state index contributed by atoms with van der Waals surface area (Å²) < 4.78 is 0. The third-order valence-corrected chi connectivity index (χ3v) is 3.75. The summed E-state index contributed by atoms with van der Waals surface area (Å²) in [7, 11) is 0. The molecule has 104 valence electrons. The lowest BCUT2D eigenvalue weighted by atomic mass is 10.1. The second kappa shape index (κ2) is 7.01. The molecule has 2 rings (SSSR count). The second-order valence-electron chi connectivity index (χ2n) is 4.95. The molecule has 0 heterocycles. The summed E-state index contributed by atoms with van der Waals surface area (Å²) in [6.07, 6.45) is 7.03. The molecule has 19 heavy (non-hydrogen) atoms. The first-order valence-electron chi connectivity index (χ1n) is 6.67. The van der Waals surface area contributed by atoms with E-state index in [1.165, 1.54) is 25.7 Å². The Bertz CT molecular complexity index is 423. The normalized spacial score (nSPS) is 16.7. The van der Waals surface area contributed by atoms with Gasteiger partial charge in [-0.15, -0.1) is 0 Å². The quantitative estimate of drug-likeness (QED) is 0.754. The molecule has 0 unspecified atom stereocenters. The second-order valence-corrected chi connectivity index (χ2v) is 5.82. The average Bonchev–Trinajstić information content (AvgIpc) is 2.55. The van der Waals surface area contributed by atoms with Crippen LogP contribution in [0.4, 0.5) is 10.5 Å². The van der Waals surface area contributed by atoms with Gasteiger partial charge < -0.3 is 10.6 Å². The van der Waals surface area contributed by atoms with Gasteiger partial charge in [0.2, 0.25) is 0 Å². The van der Waals surface area contributed by atoms with Crippen LogP contribution < -0.4 is 10.6 Å². The van der Waals surface area contributed by atoms with Gasteiger partial charge >= 0.3 is 6.03 Å². The van der Waals surface area contributed by atoms with Crippen LogP contribution in [-0.2, 0) is 0 Å². The molecule has 0 aliphatic heterocycles. The largest absolute Gasteiger partial charge is 0.335 e. The Morgan fingerprint density at radius 3 is 2.16 bits per heavy atom. The lowest BCUT2D eigenvalue weighted by molar-refractivity contribution is 0.247. The highest BCUT2D eigenvalue weighted by atomic mass is 35.5. The predicted octanol–water partition coefficient (Wildman–Crippen LogP) is 4.84. The van der Waals surface area contributed by atoms with Gasteiger partial charge in [0.25, 0.3) is 0 Å². The summed E-state index contributed by atoms with van der Waals surface area (Å²) in [6, 6.07) is 5.08. The molecule has 0 saturated heterocycles. The van der Waals surface area contributed by atoms with Crippen LogP contribution in [0.5, 0.6) is 0 Å². The Morgan fingerprint density at radius 1 is 1.00 bits per heavy atom. The summed E-state index contributed by atoms with van der Waals surface area (Å²) >= 11 is 11.8. The Kier molecular flexibility index (Phi) is 5.34. The standard InChI is InChI=1S/C14H18Cl2N2O/c15-10-7-11(16)9-13(8-10)18-14(19)17-12-5-3-1-2-4-6-12/h7-9,12H,1-6H2,(H2,17,18,19). The Morgan fingerprint density at radius 2 is 1.58 bits per heavy atom. The lowest BCUT2D eigenvalue weighted by Crippen LogP contribution is -2.37. The van der Waals surface area contributed by atoms with Crippen LogP contribution in [0.15, 0.2) is 18.2 Å². The third-order valence-electron chi connectivity index (χ3n) is 3.31. The van der Waals surface area contributed by atoms with Gasteiger partial charge in [-0.05, 0) is 31.0 Å². The van der Waals surface area contributed by atoms with Gasteiger partial charge in [-0.3, -0.25) is 0 Å². The van der Waals surface area contributed by atoms with Gasteiger partial charge in [-0.1, -0.05) is 48.9 Å². The number of halogens is 2. The van der Waals surface area contributed by atoms with Crippen molar-refractivity contribution >= 4 is 34.9 Å². The molecule has 1 fully saturated rings. The highest BCUT2D eigenvalue weighted by Crippen LogP contribution is 2.22. The Balaban J connectivity index is 1.89. The number of rotatable bonds is 2. The number of anilines is 1. The van der Waals surface area contributed by atoms with E-state index >= 15 is 0 Å². The summed E-state index contributed by atoms with van der Waals surface area (Å²) in [5.74, 6) is 0. The Hall–Kier alpha value is -0.930. The van der Waals surface area contributed by atoms with Gasteiger partial charge in [0.15, 0.2) is 0 Å². The number of amides is 2. The number of hydrogen-bond acceptors (Lipinski definition) is 1. The maximum Gasteiger partial charge on any atom is 0.319 e. The fourth-order valence-corrected chi connectivity index (χ4v) is 2.93. The minimum atomic E-state index is -0.190. The molecule has 1 aromatic carbocycles. The van der Waals surface area contributed by atoms with E-state index in [9.17, 15) is 4.79 Å². The number of benzene rings is 1. The molecule has 5 heteroatoms. The number of hydrogen-bond donors (Lipinski definition) is 2. The van der Waals surface area contributed by atoms with E-state index < -0.39 is 0 Å². The van der Waals surface area contributed by atoms with Gasteiger partial charge in [0, 0.05) is 21.8 Å². The molecule has 3 nitrogen and oxygen atoms in total. The van der Waals surface area contributed by atoms with E-state index in [2.05, 4.69) is 10.6 Å². The van der Waals surface area contributed by atoms with E-state index in [-0.39, 0.29) is 12.1 Å². The molecule has 1 aliphatic rings. The highest BCUT2D eigenvalue weighted by Gasteiger charge is 2.14. The molecule has 1 saturated carbocycles. The van der Waals surface area contributed by atoms with Crippen LogP contribution in [0.3, 0.4) is 0 Å². The maximum absolute atomic E-state index is 11.9. The molecule has 2 N–H and O–H groups in total. The molecule has 0 radical (unpaired) electrons. The van der Waals surface area contributed by atoms with Gasteiger partial charge in [-0.2, -0.15) is 0 Å². The summed E-state index contributed by atoms with van der Waals surface area (Å²) in [6.45, 7) is 0. The summed E-state index contributed by atoms with van der Waals surface area (Å²) in [5, 5.41) is 6.81.